The van der Waals surface area contributed by atoms with Crippen molar-refractivity contribution in [1.29, 1.82) is 0 Å². The van der Waals surface area contributed by atoms with Gasteiger partial charge >= 0.3 is 5.97 Å². The van der Waals surface area contributed by atoms with Gasteiger partial charge in [0.2, 0.25) is 5.91 Å². The topological polar surface area (TPSA) is 84.9 Å². The van der Waals surface area contributed by atoms with Crippen LogP contribution in [0.25, 0.3) is 0 Å². The van der Waals surface area contributed by atoms with Gasteiger partial charge in [-0.15, -0.1) is 0 Å². The van der Waals surface area contributed by atoms with Crippen molar-refractivity contribution in [3.05, 3.63) is 0 Å². The lowest BCUT2D eigenvalue weighted by Crippen LogP contribution is -2.45. The molecule has 14 heavy (non-hydrogen) atoms. The number of carboxylic acid groups (broad SMARTS) is 1. The van der Waals surface area contributed by atoms with Crippen LogP contribution in [0.4, 0.5) is 0 Å². The summed E-state index contributed by atoms with van der Waals surface area (Å²) in [7, 11) is 0. The zero-order chi connectivity index (χ0) is 10.6. The zero-order valence-corrected chi connectivity index (χ0v) is 7.86. The van der Waals surface area contributed by atoms with Gasteiger partial charge in [-0.05, 0) is 0 Å². The van der Waals surface area contributed by atoms with Crippen LogP contribution in [0, 0.1) is 0 Å². The van der Waals surface area contributed by atoms with Crippen LogP contribution in [0.2, 0.25) is 0 Å². The highest BCUT2D eigenvalue weighted by Crippen LogP contribution is 2.06. The molecule has 1 saturated heterocycles. The molecule has 1 aliphatic rings. The van der Waals surface area contributed by atoms with Gasteiger partial charge in [-0.2, -0.15) is 0 Å². The highest BCUT2D eigenvalue weighted by molar-refractivity contribution is 5.73. The Balaban J connectivity index is 2.22. The van der Waals surface area contributed by atoms with Crippen LogP contribution >= 0.6 is 0 Å². The van der Waals surface area contributed by atoms with E-state index in [1.54, 1.807) is 0 Å². The molecule has 0 aromatic carbocycles. The normalized spacial score (nSPS) is 26.9. The van der Waals surface area contributed by atoms with Crippen molar-refractivity contribution in [1.82, 2.24) is 5.32 Å². The second kappa shape index (κ2) is 4.92. The van der Waals surface area contributed by atoms with Crippen molar-refractivity contribution in [2.45, 2.75) is 19.1 Å². The number of hydrogen-bond acceptors (Lipinski definition) is 4. The van der Waals surface area contributed by atoms with Crippen LogP contribution in [-0.2, 0) is 19.1 Å². The second-order valence-electron chi connectivity index (χ2n) is 3.05. The molecule has 0 saturated carbocycles. The van der Waals surface area contributed by atoms with Crippen molar-refractivity contribution in [3.8, 4) is 0 Å². The lowest BCUT2D eigenvalue weighted by molar-refractivity contribution is -0.174. The first-order chi connectivity index (χ1) is 6.59. The fraction of sp³-hybridized carbons (Fsp3) is 0.750. The third-order valence-electron chi connectivity index (χ3n) is 1.82. The first kappa shape index (κ1) is 10.9. The minimum Gasteiger partial charge on any atom is -0.479 e. The van der Waals surface area contributed by atoms with Crippen molar-refractivity contribution in [2.75, 3.05) is 19.8 Å². The largest absolute Gasteiger partial charge is 0.479 e. The number of rotatable bonds is 3. The number of carbonyl (C=O) groups is 2. The van der Waals surface area contributed by atoms with Crippen molar-refractivity contribution >= 4 is 11.9 Å². The maximum absolute atomic E-state index is 10.6. The van der Waals surface area contributed by atoms with Gasteiger partial charge in [-0.3, -0.25) is 4.79 Å². The standard InChI is InChI=1S/C8H13NO5/c1-5(10)9-2-6-3-14-7(4-13-6)8(11)12/h6-7H,2-4H2,1H3,(H,9,10)(H,11,12)/t6-,7-/m1/s1. The van der Waals surface area contributed by atoms with Crippen LogP contribution < -0.4 is 5.32 Å². The number of hydrogen-bond donors (Lipinski definition) is 2. The van der Waals surface area contributed by atoms with Crippen molar-refractivity contribution in [3.63, 3.8) is 0 Å². The Kier molecular flexibility index (Phi) is 3.84. The van der Waals surface area contributed by atoms with E-state index in [1.165, 1.54) is 6.92 Å². The third-order valence-corrected chi connectivity index (χ3v) is 1.82. The van der Waals surface area contributed by atoms with Gasteiger partial charge in [0.05, 0.1) is 19.3 Å². The van der Waals surface area contributed by atoms with Gasteiger partial charge in [-0.25, -0.2) is 4.79 Å². The van der Waals surface area contributed by atoms with Crippen LogP contribution in [-0.4, -0.2) is 48.9 Å². The fourth-order valence-electron chi connectivity index (χ4n) is 1.06. The summed E-state index contributed by atoms with van der Waals surface area (Å²) in [4.78, 5) is 21.0. The Morgan fingerprint density at radius 3 is 2.57 bits per heavy atom. The Morgan fingerprint density at radius 1 is 1.43 bits per heavy atom. The second-order valence-corrected chi connectivity index (χ2v) is 3.05. The van der Waals surface area contributed by atoms with E-state index in [0.717, 1.165) is 0 Å². The fourth-order valence-corrected chi connectivity index (χ4v) is 1.06. The molecule has 0 aromatic rings. The monoisotopic (exact) mass is 203 g/mol. The number of aliphatic carboxylic acids is 1. The quantitative estimate of drug-likeness (QED) is 0.614. The molecular weight excluding hydrogens is 190 g/mol. The van der Waals surface area contributed by atoms with E-state index in [9.17, 15) is 9.59 Å². The molecule has 0 radical (unpaired) electrons. The van der Waals surface area contributed by atoms with E-state index in [4.69, 9.17) is 14.6 Å². The Hall–Kier alpha value is -1.14. The van der Waals surface area contributed by atoms with Gasteiger partial charge in [0, 0.05) is 13.5 Å². The van der Waals surface area contributed by atoms with E-state index in [1.807, 2.05) is 0 Å². The SMILES string of the molecule is CC(=O)NC[C@@H]1CO[C@@H](C(=O)O)CO1. The summed E-state index contributed by atoms with van der Waals surface area (Å²) in [5.41, 5.74) is 0. The molecule has 0 bridgehead atoms. The summed E-state index contributed by atoms with van der Waals surface area (Å²) in [5, 5.41) is 11.1. The highest BCUT2D eigenvalue weighted by Gasteiger charge is 2.27. The van der Waals surface area contributed by atoms with Crippen LogP contribution in [0.5, 0.6) is 0 Å². The third kappa shape index (κ3) is 3.31. The summed E-state index contributed by atoms with van der Waals surface area (Å²) in [6, 6.07) is 0. The van der Waals surface area contributed by atoms with Gasteiger partial charge in [0.25, 0.3) is 0 Å². The van der Waals surface area contributed by atoms with E-state index in [2.05, 4.69) is 5.32 Å². The summed E-state index contributed by atoms with van der Waals surface area (Å²) >= 11 is 0. The Morgan fingerprint density at radius 2 is 2.14 bits per heavy atom. The predicted molar refractivity (Wildman–Crippen MR) is 45.8 cm³/mol. The molecule has 0 aliphatic carbocycles. The van der Waals surface area contributed by atoms with E-state index < -0.39 is 12.1 Å². The lowest BCUT2D eigenvalue weighted by Gasteiger charge is -2.27. The molecule has 0 aromatic heterocycles. The molecule has 2 atom stereocenters. The number of carboxylic acids is 1. The van der Waals surface area contributed by atoms with Gasteiger partial charge in [0.1, 0.15) is 0 Å². The molecule has 6 heteroatoms. The predicted octanol–water partition coefficient (Wildman–Crippen LogP) is -1.01. The number of carbonyl (C=O) groups excluding carboxylic acids is 1. The van der Waals surface area contributed by atoms with E-state index >= 15 is 0 Å². The molecule has 1 heterocycles. The first-order valence-electron chi connectivity index (χ1n) is 4.30. The average molecular weight is 203 g/mol. The smallest absolute Gasteiger partial charge is 0.335 e. The highest BCUT2D eigenvalue weighted by atomic mass is 16.6. The number of nitrogens with one attached hydrogen (secondary N) is 1. The van der Waals surface area contributed by atoms with E-state index in [0.29, 0.717) is 6.54 Å². The Bertz CT molecular complexity index is 222. The average Bonchev–Trinajstić information content (AvgIpc) is 2.15. The van der Waals surface area contributed by atoms with Gasteiger partial charge in [0.15, 0.2) is 6.10 Å². The molecule has 0 spiro atoms. The van der Waals surface area contributed by atoms with Crippen molar-refractivity contribution in [2.24, 2.45) is 0 Å². The number of ether oxygens (including phenoxy) is 2. The maximum atomic E-state index is 10.6. The van der Waals surface area contributed by atoms with Gasteiger partial charge < -0.3 is 19.9 Å². The molecule has 80 valence electrons. The summed E-state index contributed by atoms with van der Waals surface area (Å²) in [6.45, 7) is 1.97. The number of amides is 1. The van der Waals surface area contributed by atoms with E-state index in [-0.39, 0.29) is 25.2 Å². The molecule has 6 nitrogen and oxygen atoms in total. The molecular formula is C8H13NO5. The summed E-state index contributed by atoms with van der Waals surface area (Å²) < 4.78 is 10.2. The molecule has 1 rings (SSSR count). The molecule has 1 aliphatic heterocycles. The molecule has 1 amide bonds. The molecule has 2 N–H and O–H groups in total. The van der Waals surface area contributed by atoms with Gasteiger partial charge in [-0.1, -0.05) is 0 Å². The summed E-state index contributed by atoms with van der Waals surface area (Å²) in [6.07, 6.45) is -1.14. The Labute approximate surface area is 81.2 Å². The first-order valence-corrected chi connectivity index (χ1v) is 4.30. The zero-order valence-electron chi connectivity index (χ0n) is 7.86. The maximum Gasteiger partial charge on any atom is 0.335 e. The van der Waals surface area contributed by atoms with Crippen molar-refractivity contribution < 1.29 is 24.2 Å². The van der Waals surface area contributed by atoms with Crippen LogP contribution in [0.15, 0.2) is 0 Å². The van der Waals surface area contributed by atoms with Crippen LogP contribution in [0.3, 0.4) is 0 Å². The molecule has 0 unspecified atom stereocenters. The minimum absolute atomic E-state index is 0.0274. The summed E-state index contributed by atoms with van der Waals surface area (Å²) in [5.74, 6) is -1.17. The molecule has 1 fully saturated rings. The minimum atomic E-state index is -1.03. The lowest BCUT2D eigenvalue weighted by atomic mass is 10.3. The van der Waals surface area contributed by atoms with Crippen LogP contribution in [0.1, 0.15) is 6.92 Å².